The highest BCUT2D eigenvalue weighted by Gasteiger charge is 2.28. The van der Waals surface area contributed by atoms with E-state index in [2.05, 4.69) is 25.0 Å². The molecule has 6 aromatic rings. The normalized spacial score (nSPS) is 13.9. The lowest BCUT2D eigenvalue weighted by Crippen LogP contribution is -2.48. The van der Waals surface area contributed by atoms with Crippen molar-refractivity contribution in [3.63, 3.8) is 0 Å². The number of ether oxygens (including phenoxy) is 2. The van der Waals surface area contributed by atoms with Crippen molar-refractivity contribution in [3.8, 4) is 40.4 Å². The summed E-state index contributed by atoms with van der Waals surface area (Å²) in [5.41, 5.74) is 2.78. The third-order valence-electron chi connectivity index (χ3n) is 8.24. The molecule has 1 aliphatic rings. The number of aromatic nitrogens is 5. The van der Waals surface area contributed by atoms with Crippen LogP contribution < -0.4 is 9.47 Å². The van der Waals surface area contributed by atoms with Crippen LogP contribution in [0.15, 0.2) is 89.7 Å². The molecule has 0 radical (unpaired) electrons. The van der Waals surface area contributed by atoms with Crippen LogP contribution in [0.4, 0.5) is 17.6 Å². The number of alkyl halides is 3. The molecule has 0 saturated carbocycles. The highest BCUT2D eigenvalue weighted by molar-refractivity contribution is 5.99. The number of fused-ring (bicyclic) bond motifs is 1. The lowest BCUT2D eigenvalue weighted by atomic mass is 10.2. The van der Waals surface area contributed by atoms with Crippen molar-refractivity contribution >= 4 is 16.8 Å². The van der Waals surface area contributed by atoms with Crippen molar-refractivity contribution in [2.45, 2.75) is 12.7 Å². The molecule has 3 aromatic heterocycles. The molecule has 0 aliphatic carbocycles. The molecular weight excluding hydrogens is 658 g/mol. The second-order valence-corrected chi connectivity index (χ2v) is 11.7. The van der Waals surface area contributed by atoms with Gasteiger partial charge in [0.05, 0.1) is 23.5 Å². The maximum Gasteiger partial charge on any atom is 0.422 e. The minimum Gasteiger partial charge on any atom is -0.484 e. The monoisotopic (exact) mass is 687 g/mol. The van der Waals surface area contributed by atoms with Crippen molar-refractivity contribution in [2.75, 3.05) is 32.8 Å². The van der Waals surface area contributed by atoms with E-state index in [0.29, 0.717) is 49.9 Å². The first-order valence-corrected chi connectivity index (χ1v) is 15.6. The average Bonchev–Trinajstić information content (AvgIpc) is 3.73. The van der Waals surface area contributed by atoms with E-state index in [-0.39, 0.29) is 34.8 Å². The standard InChI is InChI=1S/C35H29F4N7O4/c1-44-29-17-25(49-31-19-40-28(18-41-31)33-42-32(43-50-33)26-4-2-3-5-27(26)36)11-8-23(29)16-30(44)34(47)46-14-12-45(13-15-46)20-22-6-9-24(10-7-22)48-21-35(37,38)39/h2-11,16-19H,12-15,20-21H2,1H3. The van der Waals surface area contributed by atoms with Crippen LogP contribution in [-0.4, -0.2) is 79.3 Å². The average molecular weight is 688 g/mol. The van der Waals surface area contributed by atoms with Gasteiger partial charge in [0.2, 0.25) is 11.7 Å². The van der Waals surface area contributed by atoms with Crippen molar-refractivity contribution < 1.29 is 36.4 Å². The highest BCUT2D eigenvalue weighted by atomic mass is 19.4. The minimum absolute atomic E-state index is 0.0809. The third-order valence-corrected chi connectivity index (χ3v) is 8.24. The number of aryl methyl sites for hydroxylation is 1. The predicted molar refractivity (Wildman–Crippen MR) is 173 cm³/mol. The van der Waals surface area contributed by atoms with E-state index < -0.39 is 18.6 Å². The van der Waals surface area contributed by atoms with Gasteiger partial charge < -0.3 is 23.5 Å². The van der Waals surface area contributed by atoms with Crippen LogP contribution in [0.2, 0.25) is 0 Å². The molecule has 7 rings (SSSR count). The van der Waals surface area contributed by atoms with Crippen molar-refractivity contribution in [2.24, 2.45) is 7.05 Å². The summed E-state index contributed by atoms with van der Waals surface area (Å²) < 4.78 is 69.1. The zero-order valence-corrected chi connectivity index (χ0v) is 26.6. The van der Waals surface area contributed by atoms with E-state index in [1.165, 1.54) is 30.6 Å². The van der Waals surface area contributed by atoms with Gasteiger partial charge in [-0.3, -0.25) is 9.69 Å². The summed E-state index contributed by atoms with van der Waals surface area (Å²) in [7, 11) is 1.83. The fourth-order valence-electron chi connectivity index (χ4n) is 5.64. The number of piperazine rings is 1. The molecule has 1 fully saturated rings. The molecule has 1 amide bonds. The lowest BCUT2D eigenvalue weighted by Gasteiger charge is -2.34. The third kappa shape index (κ3) is 7.27. The largest absolute Gasteiger partial charge is 0.484 e. The van der Waals surface area contributed by atoms with Gasteiger partial charge in [-0.05, 0) is 48.0 Å². The first kappa shape index (κ1) is 32.7. The van der Waals surface area contributed by atoms with Crippen LogP contribution in [0.1, 0.15) is 16.1 Å². The quantitative estimate of drug-likeness (QED) is 0.157. The fourth-order valence-corrected chi connectivity index (χ4v) is 5.64. The van der Waals surface area contributed by atoms with Gasteiger partial charge in [0.1, 0.15) is 28.7 Å². The van der Waals surface area contributed by atoms with Crippen molar-refractivity contribution in [3.05, 3.63) is 102 Å². The van der Waals surface area contributed by atoms with Crippen LogP contribution in [0.25, 0.3) is 33.9 Å². The van der Waals surface area contributed by atoms with E-state index >= 15 is 0 Å². The van der Waals surface area contributed by atoms with E-state index in [1.807, 2.05) is 34.7 Å². The second kappa shape index (κ2) is 13.6. The molecule has 11 nitrogen and oxygen atoms in total. The maximum absolute atomic E-state index is 14.1. The molecule has 0 bridgehead atoms. The molecule has 15 heteroatoms. The van der Waals surface area contributed by atoms with Crippen molar-refractivity contribution in [1.29, 1.82) is 0 Å². The summed E-state index contributed by atoms with van der Waals surface area (Å²) >= 11 is 0. The van der Waals surface area contributed by atoms with E-state index in [0.717, 1.165) is 16.5 Å². The summed E-state index contributed by atoms with van der Waals surface area (Å²) in [6, 6.07) is 20.0. The number of benzene rings is 3. The minimum atomic E-state index is -4.39. The molecule has 0 spiro atoms. The molecule has 256 valence electrons. The van der Waals surface area contributed by atoms with Gasteiger partial charge in [-0.15, -0.1) is 0 Å². The van der Waals surface area contributed by atoms with Crippen LogP contribution in [0.3, 0.4) is 0 Å². The Bertz CT molecular complexity index is 2120. The maximum atomic E-state index is 14.1. The van der Waals surface area contributed by atoms with Gasteiger partial charge in [-0.2, -0.15) is 18.2 Å². The summed E-state index contributed by atoms with van der Waals surface area (Å²) in [6.45, 7) is 1.65. The molecule has 0 atom stereocenters. The van der Waals surface area contributed by atoms with Gasteiger partial charge in [0.25, 0.3) is 11.8 Å². The van der Waals surface area contributed by atoms with E-state index in [9.17, 15) is 22.4 Å². The number of nitrogens with zero attached hydrogens (tertiary/aromatic N) is 7. The highest BCUT2D eigenvalue weighted by Crippen LogP contribution is 2.29. The van der Waals surface area contributed by atoms with Gasteiger partial charge in [0, 0.05) is 51.2 Å². The second-order valence-electron chi connectivity index (χ2n) is 11.7. The Morgan fingerprint density at radius 2 is 1.68 bits per heavy atom. The number of amides is 1. The van der Waals surface area contributed by atoms with Crippen LogP contribution >= 0.6 is 0 Å². The van der Waals surface area contributed by atoms with Gasteiger partial charge in [0.15, 0.2) is 6.61 Å². The Morgan fingerprint density at radius 1 is 0.920 bits per heavy atom. The number of hydrogen-bond donors (Lipinski definition) is 0. The smallest absolute Gasteiger partial charge is 0.422 e. The van der Waals surface area contributed by atoms with Gasteiger partial charge in [-0.1, -0.05) is 29.4 Å². The molecule has 3 aromatic carbocycles. The predicted octanol–water partition coefficient (Wildman–Crippen LogP) is 6.52. The zero-order valence-electron chi connectivity index (χ0n) is 26.6. The molecule has 0 unspecified atom stereocenters. The lowest BCUT2D eigenvalue weighted by molar-refractivity contribution is -0.153. The van der Waals surface area contributed by atoms with Gasteiger partial charge >= 0.3 is 6.18 Å². The summed E-state index contributed by atoms with van der Waals surface area (Å²) in [5, 5.41) is 4.71. The number of hydrogen-bond acceptors (Lipinski definition) is 9. The molecule has 1 saturated heterocycles. The Labute approximate surface area is 282 Å². The SMILES string of the molecule is Cn1c(C(=O)N2CCN(Cc3ccc(OCC(F)(F)F)cc3)CC2)cc2ccc(Oc3cnc(-c4nc(-c5ccccc5F)no4)cn3)cc21. The Hall–Kier alpha value is -5.83. The summed E-state index contributed by atoms with van der Waals surface area (Å²) in [6.07, 6.45) is -1.56. The van der Waals surface area contributed by atoms with Crippen LogP contribution in [0, 0.1) is 5.82 Å². The molecular formula is C35H29F4N7O4. The first-order chi connectivity index (χ1) is 24.1. The van der Waals surface area contributed by atoms with Gasteiger partial charge in [-0.25, -0.2) is 14.4 Å². The van der Waals surface area contributed by atoms with E-state index in [1.54, 1.807) is 36.4 Å². The van der Waals surface area contributed by atoms with Crippen LogP contribution in [0.5, 0.6) is 17.4 Å². The molecule has 50 heavy (non-hydrogen) atoms. The summed E-state index contributed by atoms with van der Waals surface area (Å²) in [4.78, 5) is 30.4. The Kier molecular flexibility index (Phi) is 8.89. The molecule has 0 N–H and O–H groups in total. The Balaban J connectivity index is 0.954. The first-order valence-electron chi connectivity index (χ1n) is 15.6. The van der Waals surface area contributed by atoms with Crippen LogP contribution in [-0.2, 0) is 13.6 Å². The number of halogens is 4. The van der Waals surface area contributed by atoms with Crippen molar-refractivity contribution in [1.82, 2.24) is 34.5 Å². The fraction of sp³-hybridized carbons (Fsp3) is 0.229. The Morgan fingerprint density at radius 3 is 2.40 bits per heavy atom. The number of carbonyl (C=O) groups is 1. The summed E-state index contributed by atoms with van der Waals surface area (Å²) in [5.74, 6) is 0.499. The molecule has 4 heterocycles. The molecule has 1 aliphatic heterocycles. The number of carbonyl (C=O) groups excluding carboxylic acids is 1. The number of rotatable bonds is 9. The van der Waals surface area contributed by atoms with E-state index in [4.69, 9.17) is 14.0 Å². The zero-order chi connectivity index (χ0) is 34.8. The topological polar surface area (TPSA) is 112 Å².